The zero-order valence-electron chi connectivity index (χ0n) is 22.3. The van der Waals surface area contributed by atoms with Gasteiger partial charge in [0.1, 0.15) is 0 Å². The first-order valence-corrected chi connectivity index (χ1v) is 14.2. The van der Waals surface area contributed by atoms with Crippen LogP contribution in [0.5, 0.6) is 0 Å². The van der Waals surface area contributed by atoms with E-state index in [1.54, 1.807) is 0 Å². The van der Waals surface area contributed by atoms with Crippen LogP contribution in [0.25, 0.3) is 0 Å². The second-order valence-electron chi connectivity index (χ2n) is 10.8. The van der Waals surface area contributed by atoms with Gasteiger partial charge in [-0.3, -0.25) is 21.3 Å². The maximum atomic E-state index is 3.89. The van der Waals surface area contributed by atoms with E-state index in [1.807, 2.05) is 0 Å². The first kappa shape index (κ1) is 24.9. The molecule has 6 atom stereocenters. The van der Waals surface area contributed by atoms with Gasteiger partial charge in [-0.1, -0.05) is 146 Å². The highest BCUT2D eigenvalue weighted by Crippen LogP contribution is 2.40. The minimum absolute atomic E-state index is 0.0888. The molecule has 6 unspecified atom stereocenters. The van der Waals surface area contributed by atoms with Gasteiger partial charge in [0.15, 0.2) is 0 Å². The maximum absolute atomic E-state index is 3.89. The van der Waals surface area contributed by atoms with E-state index in [0.29, 0.717) is 0 Å². The highest BCUT2D eigenvalue weighted by atomic mass is 15.3. The molecule has 0 spiro atoms. The SMILES string of the molecule is c1ccc(C2NC(c3ccccc3)C(c3ccc(C4NC(c5ccccc5)NC4c4ccccc4)cc3)N2)cc1. The van der Waals surface area contributed by atoms with Crippen LogP contribution in [0.3, 0.4) is 0 Å². The lowest BCUT2D eigenvalue weighted by Gasteiger charge is -2.23. The molecule has 0 aromatic heterocycles. The summed E-state index contributed by atoms with van der Waals surface area (Å²) in [6.07, 6.45) is 0.178. The molecule has 0 aliphatic carbocycles. The number of hydrogen-bond donors (Lipinski definition) is 4. The number of nitrogens with one attached hydrogen (secondary N) is 4. The predicted molar refractivity (Wildman–Crippen MR) is 161 cm³/mol. The van der Waals surface area contributed by atoms with Crippen LogP contribution in [-0.2, 0) is 0 Å². The lowest BCUT2D eigenvalue weighted by molar-refractivity contribution is 0.545. The van der Waals surface area contributed by atoms with Gasteiger partial charge in [0.25, 0.3) is 0 Å². The fourth-order valence-corrected chi connectivity index (χ4v) is 6.26. The normalized spacial score (nSPS) is 26.1. The highest BCUT2D eigenvalue weighted by Gasteiger charge is 2.37. The van der Waals surface area contributed by atoms with Crippen LogP contribution in [0.4, 0.5) is 0 Å². The molecule has 0 saturated carbocycles. The molecular weight excluding hydrogens is 488 g/mol. The van der Waals surface area contributed by atoms with Crippen molar-refractivity contribution in [2.75, 3.05) is 0 Å². The van der Waals surface area contributed by atoms with Gasteiger partial charge in [-0.25, -0.2) is 0 Å². The average molecular weight is 523 g/mol. The summed E-state index contributed by atoms with van der Waals surface area (Å²) >= 11 is 0. The van der Waals surface area contributed by atoms with Crippen molar-refractivity contribution in [2.45, 2.75) is 36.5 Å². The lowest BCUT2D eigenvalue weighted by Crippen LogP contribution is -2.22. The van der Waals surface area contributed by atoms with Crippen molar-refractivity contribution in [1.82, 2.24) is 21.3 Å². The minimum Gasteiger partial charge on any atom is -0.289 e. The number of benzene rings is 5. The summed E-state index contributed by atoms with van der Waals surface area (Å²) in [4.78, 5) is 0. The van der Waals surface area contributed by atoms with Crippen molar-refractivity contribution >= 4 is 0 Å². The minimum atomic E-state index is 0.0888. The van der Waals surface area contributed by atoms with Crippen molar-refractivity contribution in [3.05, 3.63) is 179 Å². The van der Waals surface area contributed by atoms with Gasteiger partial charge in [-0.05, 0) is 33.4 Å². The second-order valence-corrected chi connectivity index (χ2v) is 10.8. The first-order chi connectivity index (χ1) is 19.8. The highest BCUT2D eigenvalue weighted by molar-refractivity contribution is 5.37. The third kappa shape index (κ3) is 4.99. The van der Waals surface area contributed by atoms with Gasteiger partial charge in [0, 0.05) is 0 Å². The van der Waals surface area contributed by atoms with Gasteiger partial charge in [-0.15, -0.1) is 0 Å². The Kier molecular flexibility index (Phi) is 6.99. The number of hydrogen-bond acceptors (Lipinski definition) is 4. The standard InChI is InChI=1S/C36H34N4/c1-5-13-25(14-6-1)31-33(39-35(37-31)29-17-9-3-10-18-29)27-21-23-28(24-22-27)34-32(26-15-7-2-8-16-26)38-36(40-34)30-19-11-4-12-20-30/h1-24,31-40H. The quantitative estimate of drug-likeness (QED) is 0.193. The Bertz CT molecular complexity index is 1390. The molecule has 5 aromatic carbocycles. The van der Waals surface area contributed by atoms with Gasteiger partial charge < -0.3 is 0 Å². The summed E-state index contributed by atoms with van der Waals surface area (Å²) in [5, 5.41) is 15.5. The third-order valence-electron chi connectivity index (χ3n) is 8.29. The zero-order valence-corrected chi connectivity index (χ0v) is 22.3. The fourth-order valence-electron chi connectivity index (χ4n) is 6.26. The zero-order chi connectivity index (χ0) is 26.7. The van der Waals surface area contributed by atoms with Crippen molar-refractivity contribution in [2.24, 2.45) is 0 Å². The number of rotatable bonds is 6. The van der Waals surface area contributed by atoms with Crippen LogP contribution < -0.4 is 21.3 Å². The Labute approximate surface area is 236 Å². The van der Waals surface area contributed by atoms with E-state index in [2.05, 4.69) is 167 Å². The van der Waals surface area contributed by atoms with Crippen LogP contribution >= 0.6 is 0 Å². The monoisotopic (exact) mass is 522 g/mol. The topological polar surface area (TPSA) is 48.1 Å². The van der Waals surface area contributed by atoms with Crippen LogP contribution in [0.1, 0.15) is 69.9 Å². The Balaban J connectivity index is 1.19. The van der Waals surface area contributed by atoms with Gasteiger partial charge in [0.05, 0.1) is 36.5 Å². The Hall–Kier alpha value is -4.06. The van der Waals surface area contributed by atoms with Crippen molar-refractivity contribution in [3.8, 4) is 0 Å². The molecule has 2 heterocycles. The molecule has 2 aliphatic rings. The Morgan fingerprint density at radius 3 is 0.750 bits per heavy atom. The predicted octanol–water partition coefficient (Wildman–Crippen LogP) is 7.03. The molecule has 0 radical (unpaired) electrons. The maximum Gasteiger partial charge on any atom is 0.0846 e. The van der Waals surface area contributed by atoms with E-state index in [4.69, 9.17) is 0 Å². The average Bonchev–Trinajstić information content (AvgIpc) is 3.69. The van der Waals surface area contributed by atoms with E-state index in [0.717, 1.165) is 0 Å². The largest absolute Gasteiger partial charge is 0.289 e. The molecule has 40 heavy (non-hydrogen) atoms. The van der Waals surface area contributed by atoms with Gasteiger partial charge in [-0.2, -0.15) is 0 Å². The Morgan fingerprint density at radius 2 is 0.475 bits per heavy atom. The smallest absolute Gasteiger partial charge is 0.0846 e. The summed E-state index contributed by atoms with van der Waals surface area (Å²) in [6, 6.07) is 52.7. The van der Waals surface area contributed by atoms with E-state index in [-0.39, 0.29) is 36.5 Å². The van der Waals surface area contributed by atoms with Crippen molar-refractivity contribution in [3.63, 3.8) is 0 Å². The van der Waals surface area contributed by atoms with Crippen LogP contribution in [0.2, 0.25) is 0 Å². The molecule has 198 valence electrons. The van der Waals surface area contributed by atoms with Crippen LogP contribution in [-0.4, -0.2) is 0 Å². The van der Waals surface area contributed by atoms with Gasteiger partial charge >= 0.3 is 0 Å². The van der Waals surface area contributed by atoms with Crippen molar-refractivity contribution < 1.29 is 0 Å². The van der Waals surface area contributed by atoms with E-state index >= 15 is 0 Å². The van der Waals surface area contributed by atoms with E-state index < -0.39 is 0 Å². The molecule has 7 rings (SSSR count). The summed E-state index contributed by atoms with van der Waals surface area (Å²) in [5.41, 5.74) is 7.65. The van der Waals surface area contributed by atoms with Crippen LogP contribution in [0, 0.1) is 0 Å². The summed E-state index contributed by atoms with van der Waals surface area (Å²) in [5.74, 6) is 0. The molecule has 2 fully saturated rings. The summed E-state index contributed by atoms with van der Waals surface area (Å²) in [6.45, 7) is 0. The Morgan fingerprint density at radius 1 is 0.250 bits per heavy atom. The third-order valence-corrected chi connectivity index (χ3v) is 8.29. The first-order valence-electron chi connectivity index (χ1n) is 14.2. The van der Waals surface area contributed by atoms with E-state index in [1.165, 1.54) is 33.4 Å². The van der Waals surface area contributed by atoms with Crippen LogP contribution in [0.15, 0.2) is 146 Å². The molecule has 2 aliphatic heterocycles. The summed E-state index contributed by atoms with van der Waals surface area (Å²) in [7, 11) is 0. The molecule has 2 saturated heterocycles. The molecular formula is C36H34N4. The lowest BCUT2D eigenvalue weighted by atomic mass is 9.91. The molecule has 4 heteroatoms. The van der Waals surface area contributed by atoms with E-state index in [9.17, 15) is 0 Å². The molecule has 0 amide bonds. The molecule has 4 nitrogen and oxygen atoms in total. The fraction of sp³-hybridized carbons (Fsp3) is 0.167. The van der Waals surface area contributed by atoms with Gasteiger partial charge in [0.2, 0.25) is 0 Å². The summed E-state index contributed by atoms with van der Waals surface area (Å²) < 4.78 is 0. The molecule has 5 aromatic rings. The second kappa shape index (κ2) is 11.2. The van der Waals surface area contributed by atoms with Crippen molar-refractivity contribution in [1.29, 1.82) is 0 Å². The molecule has 0 bridgehead atoms. The molecule has 4 N–H and O–H groups in total.